The molecule has 0 aliphatic heterocycles. The summed E-state index contributed by atoms with van der Waals surface area (Å²) >= 11 is 0. The van der Waals surface area contributed by atoms with E-state index in [0.717, 1.165) is 5.56 Å². The molecule has 5 nitrogen and oxygen atoms in total. The molecule has 0 radical (unpaired) electrons. The van der Waals surface area contributed by atoms with Gasteiger partial charge in [-0.2, -0.15) is 0 Å². The van der Waals surface area contributed by atoms with Crippen molar-refractivity contribution < 1.29 is 17.6 Å². The highest BCUT2D eigenvalue weighted by Gasteiger charge is 2.15. The molecule has 0 unspecified atom stereocenters. The molecule has 0 fully saturated rings. The third kappa shape index (κ3) is 6.24. The van der Waals surface area contributed by atoms with Crippen molar-refractivity contribution in [2.45, 2.75) is 44.2 Å². The van der Waals surface area contributed by atoms with Crippen LogP contribution in [-0.4, -0.2) is 20.4 Å². The highest BCUT2D eigenvalue weighted by molar-refractivity contribution is 7.89. The number of halogens is 1. The van der Waals surface area contributed by atoms with Gasteiger partial charge < -0.3 is 5.32 Å². The molecule has 0 atom stereocenters. The van der Waals surface area contributed by atoms with E-state index in [1.54, 1.807) is 38.1 Å². The first-order valence-electron chi connectivity index (χ1n) is 8.39. The lowest BCUT2D eigenvalue weighted by atomic mass is 10.1. The zero-order chi connectivity index (χ0) is 19.2. The molecule has 0 aliphatic carbocycles. The Morgan fingerprint density at radius 3 is 2.46 bits per heavy atom. The van der Waals surface area contributed by atoms with Crippen LogP contribution in [0.3, 0.4) is 0 Å². The van der Waals surface area contributed by atoms with Gasteiger partial charge in [-0.15, -0.1) is 0 Å². The zero-order valence-electron chi connectivity index (χ0n) is 14.8. The Balaban J connectivity index is 1.91. The monoisotopic (exact) mass is 378 g/mol. The Hall–Kier alpha value is -2.25. The standard InChI is InChI=1S/C19H23FN2O3S/c1-14(2)22-26(24,25)18-8-4-6-16(12-18)13-21-19(23)10-9-15-5-3-7-17(20)11-15/h3-8,11-12,14,22H,9-10,13H2,1-2H3,(H,21,23). The van der Waals surface area contributed by atoms with Gasteiger partial charge in [-0.3, -0.25) is 4.79 Å². The largest absolute Gasteiger partial charge is 0.352 e. The molecule has 2 N–H and O–H groups in total. The number of carbonyl (C=O) groups excluding carboxylic acids is 1. The number of hydrogen-bond acceptors (Lipinski definition) is 3. The summed E-state index contributed by atoms with van der Waals surface area (Å²) in [6.07, 6.45) is 0.673. The molecule has 0 aromatic heterocycles. The molecule has 0 spiro atoms. The first-order chi connectivity index (χ1) is 12.3. The van der Waals surface area contributed by atoms with Crippen molar-refractivity contribution in [1.29, 1.82) is 0 Å². The van der Waals surface area contributed by atoms with Gasteiger partial charge in [0.25, 0.3) is 0 Å². The molecule has 0 saturated heterocycles. The minimum absolute atomic E-state index is 0.165. The molecular formula is C19H23FN2O3S. The van der Waals surface area contributed by atoms with Gasteiger partial charge in [0.05, 0.1) is 4.90 Å². The average molecular weight is 378 g/mol. The lowest BCUT2D eigenvalue weighted by Gasteiger charge is -2.11. The van der Waals surface area contributed by atoms with Gasteiger partial charge >= 0.3 is 0 Å². The summed E-state index contributed by atoms with van der Waals surface area (Å²) in [5.41, 5.74) is 1.45. The van der Waals surface area contributed by atoms with Gasteiger partial charge in [0, 0.05) is 19.0 Å². The Labute approximate surface area is 153 Å². The molecule has 0 heterocycles. The van der Waals surface area contributed by atoms with Crippen LogP contribution in [0.15, 0.2) is 53.4 Å². The van der Waals surface area contributed by atoms with E-state index in [2.05, 4.69) is 10.0 Å². The first kappa shape index (κ1) is 20.1. The number of benzene rings is 2. The van der Waals surface area contributed by atoms with Crippen LogP contribution in [0, 0.1) is 5.82 Å². The van der Waals surface area contributed by atoms with Crippen LogP contribution in [0.1, 0.15) is 31.4 Å². The molecule has 2 rings (SSSR count). The second-order valence-corrected chi connectivity index (χ2v) is 8.04. The van der Waals surface area contributed by atoms with Crippen LogP contribution in [-0.2, 0) is 27.8 Å². The smallest absolute Gasteiger partial charge is 0.240 e. The van der Waals surface area contributed by atoms with Gasteiger partial charge in [-0.05, 0) is 55.7 Å². The maximum absolute atomic E-state index is 13.1. The van der Waals surface area contributed by atoms with E-state index < -0.39 is 10.0 Å². The van der Waals surface area contributed by atoms with Crippen LogP contribution < -0.4 is 10.0 Å². The van der Waals surface area contributed by atoms with Crippen molar-refractivity contribution in [1.82, 2.24) is 10.0 Å². The van der Waals surface area contributed by atoms with E-state index in [0.29, 0.717) is 12.0 Å². The van der Waals surface area contributed by atoms with E-state index in [-0.39, 0.29) is 35.6 Å². The summed E-state index contributed by atoms with van der Waals surface area (Å²) in [4.78, 5) is 12.1. The fourth-order valence-electron chi connectivity index (χ4n) is 2.44. The predicted molar refractivity (Wildman–Crippen MR) is 98.5 cm³/mol. The molecule has 1 amide bonds. The van der Waals surface area contributed by atoms with Crippen LogP contribution in [0.5, 0.6) is 0 Å². The number of amides is 1. The molecule has 2 aromatic carbocycles. The van der Waals surface area contributed by atoms with Gasteiger partial charge in [0.2, 0.25) is 15.9 Å². The van der Waals surface area contributed by atoms with E-state index in [1.807, 2.05) is 0 Å². The predicted octanol–water partition coefficient (Wildman–Crippen LogP) is 2.76. The Morgan fingerprint density at radius 2 is 1.77 bits per heavy atom. The highest BCUT2D eigenvalue weighted by atomic mass is 32.2. The van der Waals surface area contributed by atoms with Crippen molar-refractivity contribution >= 4 is 15.9 Å². The van der Waals surface area contributed by atoms with Crippen LogP contribution in [0.4, 0.5) is 4.39 Å². The SMILES string of the molecule is CC(C)NS(=O)(=O)c1cccc(CNC(=O)CCc2cccc(F)c2)c1. The van der Waals surface area contributed by atoms with Crippen LogP contribution >= 0.6 is 0 Å². The number of nitrogens with one attached hydrogen (secondary N) is 2. The topological polar surface area (TPSA) is 75.3 Å². The Bertz CT molecular complexity index is 867. The average Bonchev–Trinajstić information content (AvgIpc) is 2.57. The Morgan fingerprint density at radius 1 is 1.08 bits per heavy atom. The normalized spacial score (nSPS) is 11.5. The molecule has 0 saturated carbocycles. The molecule has 0 aliphatic rings. The van der Waals surface area contributed by atoms with Crippen molar-refractivity contribution in [2.24, 2.45) is 0 Å². The number of hydrogen-bond donors (Lipinski definition) is 2. The van der Waals surface area contributed by atoms with E-state index in [9.17, 15) is 17.6 Å². The molecule has 26 heavy (non-hydrogen) atoms. The molecule has 2 aromatic rings. The summed E-state index contributed by atoms with van der Waals surface area (Å²) in [6.45, 7) is 3.73. The fourth-order valence-corrected chi connectivity index (χ4v) is 3.76. The van der Waals surface area contributed by atoms with Crippen LogP contribution in [0.25, 0.3) is 0 Å². The second kappa shape index (κ2) is 8.91. The van der Waals surface area contributed by atoms with Gasteiger partial charge in [-0.25, -0.2) is 17.5 Å². The number of rotatable bonds is 8. The van der Waals surface area contributed by atoms with E-state index in [4.69, 9.17) is 0 Å². The third-order valence-corrected chi connectivity index (χ3v) is 5.28. The van der Waals surface area contributed by atoms with Crippen molar-refractivity contribution in [3.05, 3.63) is 65.5 Å². The van der Waals surface area contributed by atoms with Gasteiger partial charge in [-0.1, -0.05) is 24.3 Å². The lowest BCUT2D eigenvalue weighted by molar-refractivity contribution is -0.121. The van der Waals surface area contributed by atoms with Crippen molar-refractivity contribution in [3.8, 4) is 0 Å². The highest BCUT2D eigenvalue weighted by Crippen LogP contribution is 2.12. The summed E-state index contributed by atoms with van der Waals surface area (Å²) in [5, 5.41) is 2.76. The second-order valence-electron chi connectivity index (χ2n) is 6.33. The number of aryl methyl sites for hydroxylation is 1. The number of sulfonamides is 1. The summed E-state index contributed by atoms with van der Waals surface area (Å²) in [6, 6.07) is 12.4. The Kier molecular flexibility index (Phi) is 6.88. The van der Waals surface area contributed by atoms with Crippen molar-refractivity contribution in [2.75, 3.05) is 0 Å². The quantitative estimate of drug-likeness (QED) is 0.742. The first-order valence-corrected chi connectivity index (χ1v) is 9.87. The maximum Gasteiger partial charge on any atom is 0.240 e. The van der Waals surface area contributed by atoms with E-state index >= 15 is 0 Å². The molecule has 0 bridgehead atoms. The summed E-state index contributed by atoms with van der Waals surface area (Å²) in [5.74, 6) is -0.501. The molecular weight excluding hydrogens is 355 g/mol. The van der Waals surface area contributed by atoms with Crippen molar-refractivity contribution in [3.63, 3.8) is 0 Å². The maximum atomic E-state index is 13.1. The fraction of sp³-hybridized carbons (Fsp3) is 0.316. The van der Waals surface area contributed by atoms with E-state index in [1.165, 1.54) is 24.3 Å². The summed E-state index contributed by atoms with van der Waals surface area (Å²) in [7, 11) is -3.57. The minimum Gasteiger partial charge on any atom is -0.352 e. The zero-order valence-corrected chi connectivity index (χ0v) is 15.6. The van der Waals surface area contributed by atoms with Gasteiger partial charge in [0.1, 0.15) is 5.82 Å². The van der Waals surface area contributed by atoms with Gasteiger partial charge in [0.15, 0.2) is 0 Å². The summed E-state index contributed by atoms with van der Waals surface area (Å²) < 4.78 is 40.0. The molecule has 7 heteroatoms. The molecule has 140 valence electrons. The third-order valence-electron chi connectivity index (χ3n) is 3.62. The van der Waals surface area contributed by atoms with Crippen LogP contribution in [0.2, 0.25) is 0 Å². The minimum atomic E-state index is -3.57. The number of carbonyl (C=O) groups is 1. The lowest BCUT2D eigenvalue weighted by Crippen LogP contribution is -2.30.